The molecule has 9 nitrogen and oxygen atoms in total. The molecular weight excluding hydrogens is 464 g/mol. The van der Waals surface area contributed by atoms with E-state index in [1.54, 1.807) is 15.8 Å². The van der Waals surface area contributed by atoms with E-state index < -0.39 is 0 Å². The summed E-state index contributed by atoms with van der Waals surface area (Å²) in [5, 5.41) is 9.10. The van der Waals surface area contributed by atoms with Gasteiger partial charge in [0.15, 0.2) is 5.65 Å². The third kappa shape index (κ3) is 4.61. The maximum Gasteiger partial charge on any atom is 0.256 e. The highest BCUT2D eigenvalue weighted by Crippen LogP contribution is 2.28. The first-order valence-corrected chi connectivity index (χ1v) is 11.7. The molecule has 0 spiro atoms. The number of rotatable bonds is 6. The van der Waals surface area contributed by atoms with Gasteiger partial charge < -0.3 is 15.5 Å². The summed E-state index contributed by atoms with van der Waals surface area (Å²) in [5.41, 5.74) is 10.1. The average molecular weight is 495 g/mol. The summed E-state index contributed by atoms with van der Waals surface area (Å²) in [7, 11) is 1.83. The van der Waals surface area contributed by atoms with Crippen molar-refractivity contribution in [3.05, 3.63) is 71.8 Å². The molecule has 0 bridgehead atoms. The van der Waals surface area contributed by atoms with Crippen molar-refractivity contribution in [2.45, 2.75) is 38.8 Å². The number of aromatic nitrogens is 5. The molecule has 3 aromatic heterocycles. The van der Waals surface area contributed by atoms with E-state index in [1.165, 1.54) is 0 Å². The predicted octanol–water partition coefficient (Wildman–Crippen LogP) is 3.41. The second-order valence-electron chi connectivity index (χ2n) is 8.92. The molecule has 1 aromatic carbocycles. The summed E-state index contributed by atoms with van der Waals surface area (Å²) in [6.07, 6.45) is 7.25. The van der Waals surface area contributed by atoms with Crippen LogP contribution in [0.15, 0.2) is 55.0 Å². The van der Waals surface area contributed by atoms with Crippen LogP contribution in [0.5, 0.6) is 0 Å². The van der Waals surface area contributed by atoms with Gasteiger partial charge in [0.2, 0.25) is 0 Å². The molecule has 10 heteroatoms. The number of amides is 1. The number of fused-ring (bicyclic) bond motifs is 1. The Morgan fingerprint density at radius 3 is 2.77 bits per heavy atom. The number of aryl methyl sites for hydroxylation is 1. The van der Waals surface area contributed by atoms with Crippen molar-refractivity contribution in [2.75, 3.05) is 25.0 Å². The molecular formula is C25H31ClN8O. The number of para-hydroxylation sites is 1. The number of carbonyl (C=O) groups is 1. The van der Waals surface area contributed by atoms with Crippen LogP contribution in [0.4, 0.5) is 5.82 Å². The number of hydrogen-bond acceptors (Lipinski definition) is 6. The summed E-state index contributed by atoms with van der Waals surface area (Å²) in [6, 6.07) is 11.3. The van der Waals surface area contributed by atoms with Crippen LogP contribution in [0.1, 0.15) is 47.4 Å². The monoisotopic (exact) mass is 494 g/mol. The molecule has 4 aromatic rings. The minimum atomic E-state index is -0.191. The van der Waals surface area contributed by atoms with Gasteiger partial charge in [0.25, 0.3) is 5.91 Å². The van der Waals surface area contributed by atoms with Gasteiger partial charge in [0.1, 0.15) is 5.82 Å². The lowest BCUT2D eigenvalue weighted by molar-refractivity contribution is 0.0722. The number of nitrogens with two attached hydrogens (primary N) is 1. The lowest BCUT2D eigenvalue weighted by atomic mass is 10.1. The Morgan fingerprint density at radius 1 is 1.29 bits per heavy atom. The molecule has 1 aliphatic rings. The number of anilines is 1. The number of benzene rings is 1. The zero-order valence-corrected chi connectivity index (χ0v) is 21.0. The Kier molecular flexibility index (Phi) is 7.09. The van der Waals surface area contributed by atoms with Crippen molar-refractivity contribution in [2.24, 2.45) is 5.73 Å². The highest BCUT2D eigenvalue weighted by molar-refractivity contribution is 5.97. The number of halogens is 1. The zero-order chi connectivity index (χ0) is 23.8. The first kappa shape index (κ1) is 24.7. The Bertz CT molecular complexity index is 1320. The van der Waals surface area contributed by atoms with Gasteiger partial charge in [-0.15, -0.1) is 12.4 Å². The lowest BCUT2D eigenvalue weighted by Gasteiger charge is -2.26. The van der Waals surface area contributed by atoms with Gasteiger partial charge in [-0.2, -0.15) is 10.2 Å². The molecule has 0 radical (unpaired) electrons. The van der Waals surface area contributed by atoms with E-state index in [9.17, 15) is 4.79 Å². The van der Waals surface area contributed by atoms with Gasteiger partial charge in [-0.1, -0.05) is 19.1 Å². The van der Waals surface area contributed by atoms with Gasteiger partial charge in [-0.3, -0.25) is 4.79 Å². The van der Waals surface area contributed by atoms with E-state index in [-0.39, 0.29) is 30.4 Å². The molecule has 0 saturated carbocycles. The molecule has 0 aliphatic carbocycles. The smallest absolute Gasteiger partial charge is 0.256 e. The van der Waals surface area contributed by atoms with Gasteiger partial charge in [0.05, 0.1) is 23.0 Å². The summed E-state index contributed by atoms with van der Waals surface area (Å²) < 4.78 is 3.52. The molecule has 2 N–H and O–H groups in total. The molecule has 1 aliphatic heterocycles. The van der Waals surface area contributed by atoms with Crippen molar-refractivity contribution in [3.63, 3.8) is 0 Å². The van der Waals surface area contributed by atoms with Crippen LogP contribution in [0.25, 0.3) is 11.3 Å². The molecule has 4 heterocycles. The first-order chi connectivity index (χ1) is 16.5. The van der Waals surface area contributed by atoms with Crippen LogP contribution in [0, 0.1) is 6.92 Å². The predicted molar refractivity (Wildman–Crippen MR) is 138 cm³/mol. The van der Waals surface area contributed by atoms with Crippen LogP contribution in [-0.4, -0.2) is 61.4 Å². The molecule has 1 saturated heterocycles. The second-order valence-corrected chi connectivity index (χ2v) is 8.92. The third-order valence-corrected chi connectivity index (χ3v) is 6.55. The number of hydrogen-bond donors (Lipinski definition) is 1. The SMILES string of the molecule is CC[C@@H](c1cc2nc(N3CC[C@H](N)C3)c(C)cn2n1)N(C)C(=O)c1ccccc1-n1cccn1.Cl. The van der Waals surface area contributed by atoms with Gasteiger partial charge >= 0.3 is 0 Å². The Hall–Kier alpha value is -3.43. The number of carbonyl (C=O) groups excluding carboxylic acids is 1. The van der Waals surface area contributed by atoms with E-state index in [1.807, 2.05) is 67.3 Å². The minimum absolute atomic E-state index is 0. The maximum atomic E-state index is 13.6. The van der Waals surface area contributed by atoms with E-state index in [0.29, 0.717) is 5.56 Å². The fourth-order valence-corrected chi connectivity index (χ4v) is 4.76. The highest BCUT2D eigenvalue weighted by atomic mass is 35.5. The van der Waals surface area contributed by atoms with E-state index in [0.717, 1.165) is 54.3 Å². The molecule has 5 rings (SSSR count). The second kappa shape index (κ2) is 10.1. The van der Waals surface area contributed by atoms with Crippen LogP contribution in [0.2, 0.25) is 0 Å². The van der Waals surface area contributed by atoms with Crippen molar-refractivity contribution in [1.29, 1.82) is 0 Å². The van der Waals surface area contributed by atoms with Crippen molar-refractivity contribution >= 4 is 29.8 Å². The Labute approximate surface area is 210 Å². The standard InChI is InChI=1S/C25H30N8O.ClH/c1-4-21(30(3)25(34)19-8-5-6-9-22(19)32-12-7-11-27-32)20-14-23-28-24(17(2)15-33(23)29-20)31-13-10-18(26)16-31;/h5-9,11-12,14-15,18,21H,4,10,13,16,26H2,1-3H3;1H/t18-,21-;/m0./s1. The fraction of sp³-hybridized carbons (Fsp3) is 0.360. The van der Waals surface area contributed by atoms with E-state index in [4.69, 9.17) is 15.8 Å². The largest absolute Gasteiger partial charge is 0.355 e. The average Bonchev–Trinajstić information content (AvgIpc) is 3.59. The Balaban J connectivity index is 0.00000289. The molecule has 1 fully saturated rings. The maximum absolute atomic E-state index is 13.6. The van der Waals surface area contributed by atoms with Crippen molar-refractivity contribution in [3.8, 4) is 5.69 Å². The lowest BCUT2D eigenvalue weighted by Crippen LogP contribution is -2.32. The molecule has 184 valence electrons. The summed E-state index contributed by atoms with van der Waals surface area (Å²) in [4.78, 5) is 22.5. The van der Waals surface area contributed by atoms with Crippen LogP contribution >= 0.6 is 12.4 Å². The van der Waals surface area contributed by atoms with Gasteiger partial charge in [0, 0.05) is 56.4 Å². The Morgan fingerprint density at radius 2 is 2.09 bits per heavy atom. The quantitative estimate of drug-likeness (QED) is 0.441. The molecule has 1 amide bonds. The zero-order valence-electron chi connectivity index (χ0n) is 20.2. The number of nitrogens with zero attached hydrogens (tertiary/aromatic N) is 7. The summed E-state index contributed by atoms with van der Waals surface area (Å²) in [6.45, 7) is 5.84. The molecule has 0 unspecified atom stereocenters. The molecule has 35 heavy (non-hydrogen) atoms. The van der Waals surface area contributed by atoms with Gasteiger partial charge in [-0.05, 0) is 38.0 Å². The molecule has 2 atom stereocenters. The third-order valence-electron chi connectivity index (χ3n) is 6.55. The summed E-state index contributed by atoms with van der Waals surface area (Å²) >= 11 is 0. The summed E-state index contributed by atoms with van der Waals surface area (Å²) in [5.74, 6) is 0.878. The van der Waals surface area contributed by atoms with Crippen molar-refractivity contribution in [1.82, 2.24) is 29.3 Å². The van der Waals surface area contributed by atoms with Gasteiger partial charge in [-0.25, -0.2) is 14.2 Å². The van der Waals surface area contributed by atoms with Crippen LogP contribution < -0.4 is 10.6 Å². The highest BCUT2D eigenvalue weighted by Gasteiger charge is 2.27. The van der Waals surface area contributed by atoms with Crippen molar-refractivity contribution < 1.29 is 4.79 Å². The fourth-order valence-electron chi connectivity index (χ4n) is 4.76. The van der Waals surface area contributed by atoms with E-state index in [2.05, 4.69) is 16.9 Å². The first-order valence-electron chi connectivity index (χ1n) is 11.7. The topological polar surface area (TPSA) is 97.6 Å². The minimum Gasteiger partial charge on any atom is -0.355 e. The van der Waals surface area contributed by atoms with Crippen LogP contribution in [-0.2, 0) is 0 Å². The van der Waals surface area contributed by atoms with Crippen LogP contribution in [0.3, 0.4) is 0 Å². The normalized spacial score (nSPS) is 16.3. The van der Waals surface area contributed by atoms with E-state index >= 15 is 0 Å².